The molecule has 1 fully saturated rings. The summed E-state index contributed by atoms with van der Waals surface area (Å²) in [7, 11) is 4.46. The van der Waals surface area contributed by atoms with Gasteiger partial charge in [-0.2, -0.15) is 0 Å². The topological polar surface area (TPSA) is 18.5 Å². The second-order valence-electron chi connectivity index (χ2n) is 5.70. The lowest BCUT2D eigenvalue weighted by Crippen LogP contribution is -2.42. The van der Waals surface area contributed by atoms with Crippen molar-refractivity contribution in [1.82, 2.24) is 10.2 Å². The Bertz CT molecular complexity index is 428. The zero-order valence-corrected chi connectivity index (χ0v) is 14.4. The monoisotopic (exact) mass is 339 g/mol. The molecule has 0 amide bonds. The van der Waals surface area contributed by atoms with Gasteiger partial charge in [0.15, 0.2) is 0 Å². The fraction of sp³-hybridized carbons (Fsp3) is 0.625. The molecule has 0 aromatic heterocycles. The highest BCUT2D eigenvalue weighted by Crippen LogP contribution is 2.28. The maximum atomic E-state index is 3.61. The average Bonchev–Trinajstić information content (AvgIpc) is 2.46. The molecule has 0 unspecified atom stereocenters. The minimum absolute atomic E-state index is 0.654. The quantitative estimate of drug-likeness (QED) is 0.889. The molecule has 4 heteroatoms. The van der Waals surface area contributed by atoms with Gasteiger partial charge < -0.3 is 15.1 Å². The van der Waals surface area contributed by atoms with Crippen LogP contribution >= 0.6 is 15.9 Å². The lowest BCUT2D eigenvalue weighted by Gasteiger charge is -2.37. The highest BCUT2D eigenvalue weighted by molar-refractivity contribution is 9.10. The summed E-state index contributed by atoms with van der Waals surface area (Å²) in [6, 6.07) is 7.28. The second-order valence-corrected chi connectivity index (χ2v) is 6.61. The first kappa shape index (κ1) is 15.8. The molecule has 1 aromatic carbocycles. The van der Waals surface area contributed by atoms with Gasteiger partial charge in [0.25, 0.3) is 0 Å². The van der Waals surface area contributed by atoms with E-state index < -0.39 is 0 Å². The van der Waals surface area contributed by atoms with Crippen LogP contribution in [-0.4, -0.2) is 44.7 Å². The largest absolute Gasteiger partial charge is 0.371 e. The Kier molecular flexibility index (Phi) is 5.87. The van der Waals surface area contributed by atoms with Gasteiger partial charge in [-0.25, -0.2) is 0 Å². The van der Waals surface area contributed by atoms with Crippen LogP contribution in [0.25, 0.3) is 0 Å². The zero-order valence-electron chi connectivity index (χ0n) is 12.8. The van der Waals surface area contributed by atoms with Crippen LogP contribution in [-0.2, 0) is 6.54 Å². The number of likely N-dealkylation sites (tertiary alicyclic amines) is 1. The summed E-state index contributed by atoms with van der Waals surface area (Å²) in [6.07, 6.45) is 2.50. The van der Waals surface area contributed by atoms with E-state index in [9.17, 15) is 0 Å². The van der Waals surface area contributed by atoms with E-state index in [1.807, 2.05) is 0 Å². The second kappa shape index (κ2) is 7.43. The number of hydrogen-bond acceptors (Lipinski definition) is 3. The van der Waals surface area contributed by atoms with E-state index in [2.05, 4.69) is 70.3 Å². The van der Waals surface area contributed by atoms with Crippen LogP contribution in [0.15, 0.2) is 22.7 Å². The first-order valence-electron chi connectivity index (χ1n) is 7.52. The van der Waals surface area contributed by atoms with Crippen molar-refractivity contribution in [3.63, 3.8) is 0 Å². The van der Waals surface area contributed by atoms with Crippen LogP contribution in [0.1, 0.15) is 25.3 Å². The molecule has 3 nitrogen and oxygen atoms in total. The van der Waals surface area contributed by atoms with Crippen LogP contribution in [0.3, 0.4) is 0 Å². The number of hydrogen-bond donors (Lipinski definition) is 1. The van der Waals surface area contributed by atoms with E-state index in [0.717, 1.165) is 17.6 Å². The molecule has 0 radical (unpaired) electrons. The van der Waals surface area contributed by atoms with Crippen molar-refractivity contribution in [2.75, 3.05) is 38.6 Å². The molecule has 0 atom stereocenters. The summed E-state index contributed by atoms with van der Waals surface area (Å²) in [5.41, 5.74) is 2.74. The van der Waals surface area contributed by atoms with E-state index in [-0.39, 0.29) is 0 Å². The zero-order chi connectivity index (χ0) is 14.5. The van der Waals surface area contributed by atoms with Crippen molar-refractivity contribution in [3.8, 4) is 0 Å². The predicted molar refractivity (Wildman–Crippen MR) is 90.4 cm³/mol. The normalized spacial score (nSPS) is 17.4. The maximum absolute atomic E-state index is 3.61. The van der Waals surface area contributed by atoms with Gasteiger partial charge in [0.2, 0.25) is 0 Å². The number of nitrogens with zero attached hydrogens (tertiary/aromatic N) is 2. The number of piperidine rings is 1. The Morgan fingerprint density at radius 2 is 2.05 bits per heavy atom. The Labute approximate surface area is 131 Å². The molecule has 1 aromatic rings. The molecule has 112 valence electrons. The van der Waals surface area contributed by atoms with Crippen LogP contribution in [0, 0.1) is 0 Å². The first-order valence-corrected chi connectivity index (χ1v) is 8.31. The summed E-state index contributed by atoms with van der Waals surface area (Å²) < 4.78 is 1.16. The van der Waals surface area contributed by atoms with Crippen LogP contribution in [0.4, 0.5) is 5.69 Å². The van der Waals surface area contributed by atoms with Gasteiger partial charge in [0.05, 0.1) is 0 Å². The molecule has 1 heterocycles. The Morgan fingerprint density at radius 1 is 1.35 bits per heavy atom. The molecule has 1 aliphatic heterocycles. The summed E-state index contributed by atoms with van der Waals surface area (Å²) in [5.74, 6) is 0. The van der Waals surface area contributed by atoms with E-state index >= 15 is 0 Å². The Morgan fingerprint density at radius 3 is 2.70 bits per heavy atom. The molecule has 0 aliphatic carbocycles. The van der Waals surface area contributed by atoms with E-state index in [1.165, 1.54) is 37.2 Å². The van der Waals surface area contributed by atoms with Crippen molar-refractivity contribution >= 4 is 21.6 Å². The highest BCUT2D eigenvalue weighted by atomic mass is 79.9. The molecule has 0 spiro atoms. The first-order chi connectivity index (χ1) is 9.61. The molecule has 0 saturated carbocycles. The SMILES string of the molecule is CCNCc1ccc(Br)cc1N(C)C1CCN(C)CC1. The summed E-state index contributed by atoms with van der Waals surface area (Å²) in [6.45, 7) is 6.50. The van der Waals surface area contributed by atoms with Crippen molar-refractivity contribution in [1.29, 1.82) is 0 Å². The lowest BCUT2D eigenvalue weighted by molar-refractivity contribution is 0.252. The molecule has 0 bridgehead atoms. The van der Waals surface area contributed by atoms with E-state index in [0.29, 0.717) is 6.04 Å². The lowest BCUT2D eigenvalue weighted by atomic mass is 10.0. The fourth-order valence-corrected chi connectivity index (χ4v) is 3.20. The van der Waals surface area contributed by atoms with Gasteiger partial charge in [0, 0.05) is 29.8 Å². The van der Waals surface area contributed by atoms with Crippen molar-refractivity contribution in [3.05, 3.63) is 28.2 Å². The van der Waals surface area contributed by atoms with Gasteiger partial charge in [-0.1, -0.05) is 28.9 Å². The van der Waals surface area contributed by atoms with E-state index in [1.54, 1.807) is 0 Å². The minimum atomic E-state index is 0.654. The third-order valence-corrected chi connectivity index (χ3v) is 4.72. The van der Waals surface area contributed by atoms with E-state index in [4.69, 9.17) is 0 Å². The summed E-state index contributed by atoms with van der Waals surface area (Å²) in [5, 5.41) is 3.44. The summed E-state index contributed by atoms with van der Waals surface area (Å²) in [4.78, 5) is 4.90. The number of benzene rings is 1. The molecule has 1 saturated heterocycles. The van der Waals surface area contributed by atoms with Gasteiger partial charge >= 0.3 is 0 Å². The molecule has 2 rings (SSSR count). The standard InChI is InChI=1S/C16H26BrN3/c1-4-18-12-13-5-6-14(17)11-16(13)20(3)15-7-9-19(2)10-8-15/h5-6,11,15,18H,4,7-10,12H2,1-3H3. The van der Waals surface area contributed by atoms with Crippen molar-refractivity contribution < 1.29 is 0 Å². The summed E-state index contributed by atoms with van der Waals surface area (Å²) >= 11 is 3.61. The van der Waals surface area contributed by atoms with Crippen LogP contribution in [0.5, 0.6) is 0 Å². The van der Waals surface area contributed by atoms with Crippen molar-refractivity contribution in [2.45, 2.75) is 32.4 Å². The third-order valence-electron chi connectivity index (χ3n) is 4.23. The van der Waals surface area contributed by atoms with Gasteiger partial charge in [-0.15, -0.1) is 0 Å². The minimum Gasteiger partial charge on any atom is -0.371 e. The smallest absolute Gasteiger partial charge is 0.0423 e. The predicted octanol–water partition coefficient (Wildman–Crippen LogP) is 3.09. The number of nitrogens with one attached hydrogen (secondary N) is 1. The Hall–Kier alpha value is -0.580. The van der Waals surface area contributed by atoms with Crippen LogP contribution < -0.4 is 10.2 Å². The average molecular weight is 340 g/mol. The van der Waals surface area contributed by atoms with Crippen molar-refractivity contribution in [2.24, 2.45) is 0 Å². The maximum Gasteiger partial charge on any atom is 0.0423 e. The van der Waals surface area contributed by atoms with Gasteiger partial charge in [0.1, 0.15) is 0 Å². The molecule has 20 heavy (non-hydrogen) atoms. The fourth-order valence-electron chi connectivity index (χ4n) is 2.85. The molecular formula is C16H26BrN3. The van der Waals surface area contributed by atoms with Crippen LogP contribution in [0.2, 0.25) is 0 Å². The molecular weight excluding hydrogens is 314 g/mol. The highest BCUT2D eigenvalue weighted by Gasteiger charge is 2.22. The molecule has 1 N–H and O–H groups in total. The number of rotatable bonds is 5. The third kappa shape index (κ3) is 3.96. The van der Waals surface area contributed by atoms with Gasteiger partial charge in [-0.3, -0.25) is 0 Å². The number of halogens is 1. The molecule has 1 aliphatic rings. The Balaban J connectivity index is 2.14. The van der Waals surface area contributed by atoms with Gasteiger partial charge in [-0.05, 0) is 57.2 Å². The number of anilines is 1.